The van der Waals surface area contributed by atoms with Gasteiger partial charge in [-0.25, -0.2) is 4.98 Å². The predicted octanol–water partition coefficient (Wildman–Crippen LogP) is 1.58. The maximum absolute atomic E-state index is 10.3. The van der Waals surface area contributed by atoms with E-state index in [0.717, 1.165) is 4.88 Å². The van der Waals surface area contributed by atoms with Crippen molar-refractivity contribution in [3.8, 4) is 10.8 Å². The number of hydrogen-bond donors (Lipinski definition) is 2. The van der Waals surface area contributed by atoms with E-state index in [1.807, 2.05) is 17.5 Å². The molecule has 2 heterocycles. The largest absolute Gasteiger partial charge is 0.480 e. The van der Waals surface area contributed by atoms with Gasteiger partial charge in [0.05, 0.1) is 17.1 Å². The van der Waals surface area contributed by atoms with Crippen molar-refractivity contribution in [2.24, 2.45) is 0 Å². The second-order valence-electron chi connectivity index (χ2n) is 3.12. The number of carboxylic acid groups (broad SMARTS) is 1. The van der Waals surface area contributed by atoms with Gasteiger partial charge in [0.1, 0.15) is 6.26 Å². The topological polar surface area (TPSA) is 75.4 Å². The quantitative estimate of drug-likeness (QED) is 0.827. The number of oxazole rings is 1. The summed E-state index contributed by atoms with van der Waals surface area (Å²) in [5.41, 5.74) is 0.699. The molecule has 0 bridgehead atoms. The van der Waals surface area contributed by atoms with Gasteiger partial charge in [-0.15, -0.1) is 11.3 Å². The standard InChI is InChI=1S/C10H10N2O3S/c13-9(14)5-11-4-7-6-15-10(12-7)8-2-1-3-16-8/h1-3,6,11H,4-5H2,(H,13,14). The highest BCUT2D eigenvalue weighted by molar-refractivity contribution is 7.13. The van der Waals surface area contributed by atoms with E-state index in [1.54, 1.807) is 11.3 Å². The van der Waals surface area contributed by atoms with Crippen LogP contribution in [0, 0.1) is 0 Å². The second-order valence-corrected chi connectivity index (χ2v) is 4.07. The molecule has 16 heavy (non-hydrogen) atoms. The second kappa shape index (κ2) is 4.91. The molecule has 2 rings (SSSR count). The molecule has 0 atom stereocenters. The Labute approximate surface area is 95.7 Å². The molecule has 2 aromatic rings. The van der Waals surface area contributed by atoms with Crippen LogP contribution in [-0.4, -0.2) is 22.6 Å². The molecular weight excluding hydrogens is 228 g/mol. The third-order valence-electron chi connectivity index (χ3n) is 1.87. The first-order valence-corrected chi connectivity index (χ1v) is 5.54. The van der Waals surface area contributed by atoms with Crippen molar-refractivity contribution in [2.75, 3.05) is 6.54 Å². The molecule has 84 valence electrons. The summed E-state index contributed by atoms with van der Waals surface area (Å²) in [5.74, 6) is -0.316. The van der Waals surface area contributed by atoms with Crippen LogP contribution in [-0.2, 0) is 11.3 Å². The third-order valence-corrected chi connectivity index (χ3v) is 2.72. The van der Waals surface area contributed by atoms with Crippen LogP contribution in [0.4, 0.5) is 0 Å². The van der Waals surface area contributed by atoms with E-state index in [1.165, 1.54) is 6.26 Å². The molecule has 0 aromatic carbocycles. The van der Waals surface area contributed by atoms with Crippen LogP contribution < -0.4 is 5.32 Å². The van der Waals surface area contributed by atoms with Crippen LogP contribution in [0.1, 0.15) is 5.69 Å². The first-order chi connectivity index (χ1) is 7.75. The Morgan fingerprint density at radius 1 is 1.62 bits per heavy atom. The van der Waals surface area contributed by atoms with Crippen molar-refractivity contribution in [1.29, 1.82) is 0 Å². The summed E-state index contributed by atoms with van der Waals surface area (Å²) in [6.45, 7) is 0.308. The Morgan fingerprint density at radius 2 is 2.50 bits per heavy atom. The molecule has 0 amide bonds. The fraction of sp³-hybridized carbons (Fsp3) is 0.200. The van der Waals surface area contributed by atoms with E-state index >= 15 is 0 Å². The summed E-state index contributed by atoms with van der Waals surface area (Å²) in [4.78, 5) is 15.5. The Morgan fingerprint density at radius 3 is 3.19 bits per heavy atom. The van der Waals surface area contributed by atoms with Gasteiger partial charge in [0.2, 0.25) is 5.89 Å². The summed E-state index contributed by atoms with van der Waals surface area (Å²) < 4.78 is 5.28. The molecule has 2 N–H and O–H groups in total. The van der Waals surface area contributed by atoms with Gasteiger partial charge in [-0.1, -0.05) is 6.07 Å². The maximum Gasteiger partial charge on any atom is 0.317 e. The fourth-order valence-corrected chi connectivity index (χ4v) is 1.85. The monoisotopic (exact) mass is 238 g/mol. The van der Waals surface area contributed by atoms with Gasteiger partial charge in [0.15, 0.2) is 0 Å². The SMILES string of the molecule is O=C(O)CNCc1coc(-c2cccs2)n1. The summed E-state index contributed by atoms with van der Waals surface area (Å²) in [7, 11) is 0. The third kappa shape index (κ3) is 2.68. The highest BCUT2D eigenvalue weighted by Gasteiger charge is 2.07. The lowest BCUT2D eigenvalue weighted by atomic mass is 10.4. The Hall–Kier alpha value is -1.66. The van der Waals surface area contributed by atoms with E-state index in [2.05, 4.69) is 10.3 Å². The van der Waals surface area contributed by atoms with Crippen molar-refractivity contribution in [3.63, 3.8) is 0 Å². The Bertz CT molecular complexity index is 464. The maximum atomic E-state index is 10.3. The minimum atomic E-state index is -0.887. The molecule has 0 radical (unpaired) electrons. The minimum absolute atomic E-state index is 0.0821. The van der Waals surface area contributed by atoms with E-state index in [0.29, 0.717) is 18.1 Å². The number of aliphatic carboxylic acids is 1. The van der Waals surface area contributed by atoms with Crippen LogP contribution in [0.15, 0.2) is 28.2 Å². The number of rotatable bonds is 5. The molecule has 0 aliphatic heterocycles. The van der Waals surface area contributed by atoms with Crippen molar-refractivity contribution < 1.29 is 14.3 Å². The van der Waals surface area contributed by atoms with Gasteiger partial charge in [-0.3, -0.25) is 4.79 Å². The summed E-state index contributed by atoms with van der Waals surface area (Å²) >= 11 is 1.55. The number of hydrogen-bond acceptors (Lipinski definition) is 5. The molecule has 0 spiro atoms. The summed E-state index contributed by atoms with van der Waals surface area (Å²) in [5, 5.41) is 13.1. The Kier molecular flexibility index (Phi) is 3.33. The highest BCUT2D eigenvalue weighted by Crippen LogP contribution is 2.23. The van der Waals surface area contributed by atoms with Gasteiger partial charge in [-0.05, 0) is 11.4 Å². The van der Waals surface area contributed by atoms with Gasteiger partial charge < -0.3 is 14.8 Å². The lowest BCUT2D eigenvalue weighted by molar-refractivity contribution is -0.135. The van der Waals surface area contributed by atoms with E-state index < -0.39 is 5.97 Å². The van der Waals surface area contributed by atoms with Crippen LogP contribution in [0.5, 0.6) is 0 Å². The zero-order chi connectivity index (χ0) is 11.4. The van der Waals surface area contributed by atoms with Crippen LogP contribution in [0.25, 0.3) is 10.8 Å². The number of nitrogens with one attached hydrogen (secondary N) is 1. The number of thiophene rings is 1. The number of carboxylic acids is 1. The molecular formula is C10H10N2O3S. The molecule has 2 aromatic heterocycles. The molecule has 0 saturated heterocycles. The molecule has 0 aliphatic rings. The van der Waals surface area contributed by atoms with Gasteiger partial charge >= 0.3 is 5.97 Å². The summed E-state index contributed by atoms with van der Waals surface area (Å²) in [6, 6.07) is 3.84. The number of carbonyl (C=O) groups is 1. The Balaban J connectivity index is 1.95. The minimum Gasteiger partial charge on any atom is -0.480 e. The number of nitrogens with zero attached hydrogens (tertiary/aromatic N) is 1. The van der Waals surface area contributed by atoms with E-state index in [4.69, 9.17) is 9.52 Å². The molecule has 0 unspecified atom stereocenters. The average Bonchev–Trinajstić information content (AvgIpc) is 2.85. The lowest BCUT2D eigenvalue weighted by Gasteiger charge is -1.95. The smallest absolute Gasteiger partial charge is 0.317 e. The molecule has 6 heteroatoms. The molecule has 0 saturated carbocycles. The van der Waals surface area contributed by atoms with Crippen molar-refractivity contribution in [1.82, 2.24) is 10.3 Å². The predicted molar refractivity (Wildman–Crippen MR) is 59.2 cm³/mol. The highest BCUT2D eigenvalue weighted by atomic mass is 32.1. The van der Waals surface area contributed by atoms with Gasteiger partial charge in [0.25, 0.3) is 0 Å². The van der Waals surface area contributed by atoms with Gasteiger partial charge in [-0.2, -0.15) is 0 Å². The summed E-state index contributed by atoms with van der Waals surface area (Å²) in [6.07, 6.45) is 1.53. The lowest BCUT2D eigenvalue weighted by Crippen LogP contribution is -2.21. The van der Waals surface area contributed by atoms with Crippen molar-refractivity contribution in [2.45, 2.75) is 6.54 Å². The van der Waals surface area contributed by atoms with Crippen molar-refractivity contribution >= 4 is 17.3 Å². The zero-order valence-electron chi connectivity index (χ0n) is 8.34. The molecule has 0 fully saturated rings. The van der Waals surface area contributed by atoms with Crippen LogP contribution >= 0.6 is 11.3 Å². The van der Waals surface area contributed by atoms with Crippen molar-refractivity contribution in [3.05, 3.63) is 29.5 Å². The fourth-order valence-electron chi connectivity index (χ4n) is 1.20. The zero-order valence-corrected chi connectivity index (χ0v) is 9.16. The van der Waals surface area contributed by atoms with E-state index in [-0.39, 0.29) is 6.54 Å². The molecule has 0 aliphatic carbocycles. The van der Waals surface area contributed by atoms with Crippen LogP contribution in [0.3, 0.4) is 0 Å². The normalized spacial score (nSPS) is 10.5. The van der Waals surface area contributed by atoms with E-state index in [9.17, 15) is 4.79 Å². The number of aromatic nitrogens is 1. The first kappa shape index (κ1) is 10.8. The first-order valence-electron chi connectivity index (χ1n) is 4.66. The average molecular weight is 238 g/mol. The molecule has 5 nitrogen and oxygen atoms in total. The van der Waals surface area contributed by atoms with Gasteiger partial charge in [0, 0.05) is 6.54 Å². The van der Waals surface area contributed by atoms with Crippen LogP contribution in [0.2, 0.25) is 0 Å².